The van der Waals surface area contributed by atoms with Gasteiger partial charge in [0.1, 0.15) is 0 Å². The summed E-state index contributed by atoms with van der Waals surface area (Å²) in [7, 11) is 1.85. The van der Waals surface area contributed by atoms with Crippen molar-refractivity contribution in [3.63, 3.8) is 0 Å². The third kappa shape index (κ3) is 4.03. The molecule has 7 heteroatoms. The molecule has 1 unspecified atom stereocenters. The first kappa shape index (κ1) is 20.7. The van der Waals surface area contributed by atoms with Crippen LogP contribution in [-0.4, -0.2) is 18.5 Å². The molecule has 150 valence electrons. The summed E-state index contributed by atoms with van der Waals surface area (Å²) < 4.78 is 39.5. The Morgan fingerprint density at radius 1 is 1.07 bits per heavy atom. The minimum Gasteiger partial charge on any atom is -0.343 e. The van der Waals surface area contributed by atoms with E-state index in [2.05, 4.69) is 10.6 Å². The number of alkyl halides is 3. The number of carbonyl (C=O) groups is 1. The summed E-state index contributed by atoms with van der Waals surface area (Å²) in [5.74, 6) is -0.619. The monoisotopic (exact) mass is 410 g/mol. The van der Waals surface area contributed by atoms with Crippen molar-refractivity contribution in [1.29, 1.82) is 0 Å². The molecule has 0 spiro atoms. The largest absolute Gasteiger partial charge is 0.417 e. The van der Waals surface area contributed by atoms with Gasteiger partial charge in [-0.1, -0.05) is 60.8 Å². The van der Waals surface area contributed by atoms with Gasteiger partial charge in [-0.2, -0.15) is 13.2 Å². The van der Waals surface area contributed by atoms with Gasteiger partial charge in [0.2, 0.25) is 0 Å². The Labute approximate surface area is 167 Å². The van der Waals surface area contributed by atoms with Crippen LogP contribution in [0.15, 0.2) is 48.5 Å². The molecule has 1 atom stereocenters. The highest BCUT2D eigenvalue weighted by molar-refractivity contribution is 6.34. The van der Waals surface area contributed by atoms with Gasteiger partial charge < -0.3 is 10.6 Å². The summed E-state index contributed by atoms with van der Waals surface area (Å²) >= 11 is 5.95. The van der Waals surface area contributed by atoms with E-state index in [1.807, 2.05) is 37.4 Å². The number of rotatable bonds is 5. The average Bonchev–Trinajstić information content (AvgIpc) is 3.16. The van der Waals surface area contributed by atoms with Gasteiger partial charge in [-0.25, -0.2) is 0 Å². The van der Waals surface area contributed by atoms with E-state index in [-0.39, 0.29) is 17.1 Å². The minimum atomic E-state index is -4.62. The molecule has 0 heterocycles. The normalized spacial score (nSPS) is 17.3. The van der Waals surface area contributed by atoms with Gasteiger partial charge >= 0.3 is 6.18 Å². The van der Waals surface area contributed by atoms with Gasteiger partial charge in [0.25, 0.3) is 5.91 Å². The predicted octanol–water partition coefficient (Wildman–Crippen LogP) is 5.36. The lowest BCUT2D eigenvalue weighted by atomic mass is 9.83. The summed E-state index contributed by atoms with van der Waals surface area (Å²) in [6.45, 7) is 0. The van der Waals surface area contributed by atoms with Crippen molar-refractivity contribution in [2.24, 2.45) is 0 Å². The number of hydrogen-bond acceptors (Lipinski definition) is 2. The van der Waals surface area contributed by atoms with Crippen LogP contribution < -0.4 is 10.6 Å². The first-order valence-electron chi connectivity index (χ1n) is 9.19. The lowest BCUT2D eigenvalue weighted by Gasteiger charge is -2.38. The zero-order chi connectivity index (χ0) is 20.4. The fourth-order valence-corrected chi connectivity index (χ4v) is 4.33. The van der Waals surface area contributed by atoms with E-state index in [4.69, 9.17) is 11.6 Å². The van der Waals surface area contributed by atoms with Crippen LogP contribution in [0.4, 0.5) is 13.2 Å². The molecule has 1 aliphatic carbocycles. The summed E-state index contributed by atoms with van der Waals surface area (Å²) in [6, 6.07) is 12.5. The fourth-order valence-electron chi connectivity index (χ4n) is 4.01. The molecule has 2 aromatic rings. The maximum Gasteiger partial charge on any atom is 0.417 e. The number of likely N-dealkylation sites (N-methyl/N-ethyl adjacent to an activating group) is 1. The van der Waals surface area contributed by atoms with Gasteiger partial charge in [-0.3, -0.25) is 4.79 Å². The van der Waals surface area contributed by atoms with Crippen molar-refractivity contribution in [3.05, 3.63) is 70.2 Å². The predicted molar refractivity (Wildman–Crippen MR) is 103 cm³/mol. The number of nitrogens with one attached hydrogen (secondary N) is 2. The number of carbonyl (C=O) groups excluding carboxylic acids is 1. The Hall–Kier alpha value is -2.05. The van der Waals surface area contributed by atoms with Crippen molar-refractivity contribution >= 4 is 17.5 Å². The molecular weight excluding hydrogens is 389 g/mol. The Morgan fingerprint density at radius 3 is 2.29 bits per heavy atom. The molecule has 2 N–H and O–H groups in total. The van der Waals surface area contributed by atoms with Crippen molar-refractivity contribution in [2.45, 2.75) is 43.4 Å². The molecule has 2 aromatic carbocycles. The van der Waals surface area contributed by atoms with E-state index in [0.717, 1.165) is 37.3 Å². The SMILES string of the molecule is CNC1(C(NC(=O)c2cccc(C(F)(F)F)c2Cl)c2ccccc2)CCCC1. The third-order valence-electron chi connectivity index (χ3n) is 5.50. The fraction of sp³-hybridized carbons (Fsp3) is 0.381. The second kappa shape index (κ2) is 8.13. The Morgan fingerprint density at radius 2 is 1.71 bits per heavy atom. The molecular formula is C21H22ClF3N2O. The van der Waals surface area contributed by atoms with E-state index in [1.54, 1.807) is 0 Å². The highest BCUT2D eigenvalue weighted by Crippen LogP contribution is 2.41. The lowest BCUT2D eigenvalue weighted by molar-refractivity contribution is -0.137. The summed E-state index contributed by atoms with van der Waals surface area (Å²) in [5, 5.41) is 5.73. The average molecular weight is 411 g/mol. The number of halogens is 4. The van der Waals surface area contributed by atoms with Crippen LogP contribution in [0.5, 0.6) is 0 Å². The number of hydrogen-bond donors (Lipinski definition) is 2. The first-order chi connectivity index (χ1) is 13.3. The molecule has 3 rings (SSSR count). The molecule has 1 aliphatic rings. The maximum atomic E-state index is 13.2. The van der Waals surface area contributed by atoms with Gasteiger partial charge in [-0.15, -0.1) is 0 Å². The van der Waals surface area contributed by atoms with Crippen molar-refractivity contribution in [1.82, 2.24) is 10.6 Å². The van der Waals surface area contributed by atoms with Crippen LogP contribution in [0.25, 0.3) is 0 Å². The van der Waals surface area contributed by atoms with Crippen molar-refractivity contribution in [2.75, 3.05) is 7.05 Å². The van der Waals surface area contributed by atoms with E-state index < -0.39 is 22.7 Å². The smallest absolute Gasteiger partial charge is 0.343 e. The summed E-state index contributed by atoms with van der Waals surface area (Å²) in [4.78, 5) is 13.0. The first-order valence-corrected chi connectivity index (χ1v) is 9.57. The van der Waals surface area contributed by atoms with Gasteiger partial charge in [0, 0.05) is 5.54 Å². The highest BCUT2D eigenvalue weighted by Gasteiger charge is 2.42. The zero-order valence-electron chi connectivity index (χ0n) is 15.4. The van der Waals surface area contributed by atoms with Crippen LogP contribution in [0, 0.1) is 0 Å². The Bertz CT molecular complexity index is 833. The molecule has 1 saturated carbocycles. The summed E-state index contributed by atoms with van der Waals surface area (Å²) in [6.07, 6.45) is -0.863. The highest BCUT2D eigenvalue weighted by atomic mass is 35.5. The second-order valence-electron chi connectivity index (χ2n) is 7.10. The third-order valence-corrected chi connectivity index (χ3v) is 5.91. The molecule has 3 nitrogen and oxygen atoms in total. The van der Waals surface area contributed by atoms with E-state index >= 15 is 0 Å². The van der Waals surface area contributed by atoms with Crippen LogP contribution in [0.2, 0.25) is 5.02 Å². The molecule has 28 heavy (non-hydrogen) atoms. The van der Waals surface area contributed by atoms with Crippen molar-refractivity contribution < 1.29 is 18.0 Å². The Balaban J connectivity index is 1.97. The molecule has 0 saturated heterocycles. The van der Waals surface area contributed by atoms with Gasteiger partial charge in [0.15, 0.2) is 0 Å². The molecule has 0 aliphatic heterocycles. The molecule has 0 radical (unpaired) electrons. The zero-order valence-corrected chi connectivity index (χ0v) is 16.2. The van der Waals surface area contributed by atoms with E-state index in [0.29, 0.717) is 0 Å². The lowest BCUT2D eigenvalue weighted by Crippen LogP contribution is -2.52. The molecule has 1 fully saturated rings. The number of amides is 1. The molecule has 1 amide bonds. The minimum absolute atomic E-state index is 0.179. The van der Waals surface area contributed by atoms with Crippen LogP contribution >= 0.6 is 11.6 Å². The summed E-state index contributed by atoms with van der Waals surface area (Å²) in [5.41, 5.74) is -0.648. The van der Waals surface area contributed by atoms with Crippen LogP contribution in [0.3, 0.4) is 0 Å². The van der Waals surface area contributed by atoms with Crippen molar-refractivity contribution in [3.8, 4) is 0 Å². The van der Waals surface area contributed by atoms with Crippen LogP contribution in [0.1, 0.15) is 53.2 Å². The maximum absolute atomic E-state index is 13.2. The molecule has 0 aromatic heterocycles. The quantitative estimate of drug-likeness (QED) is 0.696. The van der Waals surface area contributed by atoms with Gasteiger partial charge in [-0.05, 0) is 37.6 Å². The van der Waals surface area contributed by atoms with E-state index in [1.165, 1.54) is 12.1 Å². The molecule has 0 bridgehead atoms. The second-order valence-corrected chi connectivity index (χ2v) is 7.47. The number of benzene rings is 2. The van der Waals surface area contributed by atoms with E-state index in [9.17, 15) is 18.0 Å². The topological polar surface area (TPSA) is 41.1 Å². The standard InChI is InChI=1S/C21H22ClF3N2O/c1-26-20(12-5-6-13-20)18(14-8-3-2-4-9-14)27-19(28)15-10-7-11-16(17(15)22)21(23,24)25/h2-4,7-11,18,26H,5-6,12-13H2,1H3,(H,27,28). The van der Waals surface area contributed by atoms with Crippen LogP contribution in [-0.2, 0) is 6.18 Å². The Kier molecular flexibility index (Phi) is 6.01. The van der Waals surface area contributed by atoms with Gasteiger partial charge in [0.05, 0.1) is 22.2 Å².